The quantitative estimate of drug-likeness (QED) is 0.674. The molecular weight excluding hydrogens is 322 g/mol. The van der Waals surface area contributed by atoms with Crippen molar-refractivity contribution in [1.82, 2.24) is 4.90 Å². The summed E-state index contributed by atoms with van der Waals surface area (Å²) in [5, 5.41) is 0.845. The first-order chi connectivity index (χ1) is 11.1. The van der Waals surface area contributed by atoms with Gasteiger partial charge in [-0.1, -0.05) is 43.5 Å². The van der Waals surface area contributed by atoms with Crippen LogP contribution in [0.25, 0.3) is 0 Å². The van der Waals surface area contributed by atoms with E-state index in [1.807, 2.05) is 0 Å². The number of rotatable bonds is 4. The van der Waals surface area contributed by atoms with Crippen LogP contribution in [0.4, 0.5) is 0 Å². The topological polar surface area (TPSA) is 3.24 Å². The highest BCUT2D eigenvalue weighted by atomic mass is 35.5. The van der Waals surface area contributed by atoms with E-state index in [4.69, 9.17) is 11.6 Å². The molecule has 1 nitrogen and oxygen atoms in total. The molecule has 3 heteroatoms. The Morgan fingerprint density at radius 1 is 1.09 bits per heavy atom. The number of likely N-dealkylation sites (N-methyl/N-ethyl adjacent to an activating group) is 1. The average Bonchev–Trinajstić information content (AvgIpc) is 2.88. The molecule has 1 saturated carbocycles. The van der Waals surface area contributed by atoms with Crippen LogP contribution in [0.2, 0.25) is 5.02 Å². The largest absolute Gasteiger partial charge is 0.305 e. The fraction of sp³-hybridized carbons (Fsp3) is 0.600. The van der Waals surface area contributed by atoms with Gasteiger partial charge in [0.15, 0.2) is 0 Å². The van der Waals surface area contributed by atoms with Crippen molar-refractivity contribution in [3.8, 4) is 0 Å². The fourth-order valence-corrected chi connectivity index (χ4v) is 5.83. The fourth-order valence-electron chi connectivity index (χ4n) is 4.12. The van der Waals surface area contributed by atoms with Crippen LogP contribution < -0.4 is 0 Å². The van der Waals surface area contributed by atoms with E-state index >= 15 is 0 Å². The standard InChI is InChI=1S/C20H28ClNS/c1-14-13-23-20(19(14)12-22(2)3)18-7-5-4-6-17(18)15-8-10-16(21)11-9-15/h8-11,14,17-18H,4-7,12-13H2,1-3H3. The van der Waals surface area contributed by atoms with Crippen molar-refractivity contribution in [2.75, 3.05) is 26.4 Å². The second kappa shape index (κ2) is 7.63. The SMILES string of the molecule is CC1CSC(C2CCCCC2c2ccc(Cl)cc2)=C1CN(C)C. The minimum Gasteiger partial charge on any atom is -0.305 e. The van der Waals surface area contributed by atoms with Crippen molar-refractivity contribution in [3.63, 3.8) is 0 Å². The van der Waals surface area contributed by atoms with Gasteiger partial charge in [-0.2, -0.15) is 0 Å². The molecule has 3 rings (SSSR count). The third-order valence-corrected chi connectivity index (χ3v) is 7.08. The number of thioether (sulfide) groups is 1. The van der Waals surface area contributed by atoms with E-state index < -0.39 is 0 Å². The number of hydrogen-bond acceptors (Lipinski definition) is 2. The third-order valence-electron chi connectivity index (χ3n) is 5.29. The minimum absolute atomic E-state index is 0.672. The summed E-state index contributed by atoms with van der Waals surface area (Å²) in [6.45, 7) is 3.52. The molecule has 0 saturated heterocycles. The first-order valence-electron chi connectivity index (χ1n) is 8.82. The number of allylic oxidation sites excluding steroid dienone is 1. The molecule has 0 N–H and O–H groups in total. The van der Waals surface area contributed by atoms with Gasteiger partial charge in [-0.05, 0) is 72.9 Å². The van der Waals surface area contributed by atoms with Gasteiger partial charge in [0.25, 0.3) is 0 Å². The Bertz CT molecular complexity index is 564. The Morgan fingerprint density at radius 2 is 1.74 bits per heavy atom. The molecule has 1 fully saturated rings. The van der Waals surface area contributed by atoms with Gasteiger partial charge in [0, 0.05) is 17.3 Å². The zero-order valence-corrected chi connectivity index (χ0v) is 16.1. The lowest BCUT2D eigenvalue weighted by atomic mass is 9.74. The molecule has 0 aromatic heterocycles. The molecule has 0 bridgehead atoms. The van der Waals surface area contributed by atoms with Crippen LogP contribution in [-0.2, 0) is 0 Å². The van der Waals surface area contributed by atoms with Crippen molar-refractivity contribution in [1.29, 1.82) is 0 Å². The zero-order chi connectivity index (χ0) is 16.4. The van der Waals surface area contributed by atoms with Gasteiger partial charge in [-0.25, -0.2) is 0 Å². The minimum atomic E-state index is 0.672. The summed E-state index contributed by atoms with van der Waals surface area (Å²) < 4.78 is 0. The summed E-state index contributed by atoms with van der Waals surface area (Å²) >= 11 is 8.23. The highest BCUT2D eigenvalue weighted by Crippen LogP contribution is 2.50. The Balaban J connectivity index is 1.91. The van der Waals surface area contributed by atoms with Crippen LogP contribution in [0.1, 0.15) is 44.1 Å². The van der Waals surface area contributed by atoms with Crippen LogP contribution in [0.5, 0.6) is 0 Å². The van der Waals surface area contributed by atoms with Gasteiger partial charge >= 0.3 is 0 Å². The van der Waals surface area contributed by atoms with Gasteiger partial charge < -0.3 is 4.90 Å². The van der Waals surface area contributed by atoms with Crippen molar-refractivity contribution in [3.05, 3.63) is 45.3 Å². The molecule has 0 amide bonds. The molecular formula is C20H28ClNS. The van der Waals surface area contributed by atoms with Crippen molar-refractivity contribution in [2.45, 2.75) is 38.5 Å². The van der Waals surface area contributed by atoms with Crippen LogP contribution in [0.15, 0.2) is 34.7 Å². The Hall–Kier alpha value is -0.440. The number of nitrogens with zero attached hydrogens (tertiary/aromatic N) is 1. The average molecular weight is 350 g/mol. The Kier molecular flexibility index (Phi) is 5.77. The molecule has 2 aliphatic rings. The predicted octanol–water partition coefficient (Wildman–Crippen LogP) is 5.81. The van der Waals surface area contributed by atoms with E-state index in [-0.39, 0.29) is 0 Å². The number of hydrogen-bond donors (Lipinski definition) is 0. The molecule has 3 atom stereocenters. The predicted molar refractivity (Wildman–Crippen MR) is 103 cm³/mol. The summed E-state index contributed by atoms with van der Waals surface area (Å²) in [6.07, 6.45) is 5.40. The molecule has 1 aromatic rings. The van der Waals surface area contributed by atoms with E-state index in [2.05, 4.69) is 61.9 Å². The van der Waals surface area contributed by atoms with E-state index in [0.29, 0.717) is 5.92 Å². The van der Waals surface area contributed by atoms with E-state index in [9.17, 15) is 0 Å². The summed E-state index contributed by atoms with van der Waals surface area (Å²) in [7, 11) is 4.38. The highest BCUT2D eigenvalue weighted by Gasteiger charge is 2.35. The molecule has 1 aromatic carbocycles. The Morgan fingerprint density at radius 3 is 2.39 bits per heavy atom. The van der Waals surface area contributed by atoms with E-state index in [0.717, 1.165) is 23.4 Å². The van der Waals surface area contributed by atoms with Crippen molar-refractivity contribution in [2.24, 2.45) is 11.8 Å². The second-order valence-electron chi connectivity index (χ2n) is 7.39. The van der Waals surface area contributed by atoms with Crippen LogP contribution >= 0.6 is 23.4 Å². The molecule has 126 valence electrons. The number of halogens is 1. The van der Waals surface area contributed by atoms with E-state index in [1.54, 1.807) is 10.5 Å². The lowest BCUT2D eigenvalue weighted by Gasteiger charge is -2.34. The van der Waals surface area contributed by atoms with Crippen LogP contribution in [0, 0.1) is 11.8 Å². The van der Waals surface area contributed by atoms with Gasteiger partial charge in [0.05, 0.1) is 0 Å². The smallest absolute Gasteiger partial charge is 0.0406 e. The van der Waals surface area contributed by atoms with Crippen molar-refractivity contribution >= 4 is 23.4 Å². The maximum Gasteiger partial charge on any atom is 0.0406 e. The van der Waals surface area contributed by atoms with Gasteiger partial charge in [0.1, 0.15) is 0 Å². The summed E-state index contributed by atoms with van der Waals surface area (Å²) in [4.78, 5) is 4.04. The maximum atomic E-state index is 6.09. The first-order valence-corrected chi connectivity index (χ1v) is 10.2. The van der Waals surface area contributed by atoms with Gasteiger partial charge in [-0.3, -0.25) is 0 Å². The second-order valence-corrected chi connectivity index (χ2v) is 8.89. The summed E-state index contributed by atoms with van der Waals surface area (Å²) in [5.41, 5.74) is 3.18. The molecule has 1 aliphatic heterocycles. The summed E-state index contributed by atoms with van der Waals surface area (Å²) in [5.74, 6) is 3.38. The highest BCUT2D eigenvalue weighted by molar-refractivity contribution is 8.03. The van der Waals surface area contributed by atoms with Gasteiger partial charge in [0.2, 0.25) is 0 Å². The molecule has 1 heterocycles. The molecule has 3 unspecified atom stereocenters. The molecule has 23 heavy (non-hydrogen) atoms. The zero-order valence-electron chi connectivity index (χ0n) is 14.5. The van der Waals surface area contributed by atoms with Gasteiger partial charge in [-0.15, -0.1) is 11.8 Å². The van der Waals surface area contributed by atoms with Crippen LogP contribution in [-0.4, -0.2) is 31.3 Å². The number of benzene rings is 1. The monoisotopic (exact) mass is 349 g/mol. The third kappa shape index (κ3) is 3.97. The lowest BCUT2D eigenvalue weighted by molar-refractivity contribution is 0.352. The maximum absolute atomic E-state index is 6.09. The molecule has 0 radical (unpaired) electrons. The normalized spacial score (nSPS) is 28.7. The molecule has 0 spiro atoms. The van der Waals surface area contributed by atoms with E-state index in [1.165, 1.54) is 37.0 Å². The summed E-state index contributed by atoms with van der Waals surface area (Å²) in [6, 6.07) is 8.62. The Labute approximate surface area is 150 Å². The van der Waals surface area contributed by atoms with Crippen LogP contribution in [0.3, 0.4) is 0 Å². The molecule has 1 aliphatic carbocycles. The first kappa shape index (κ1) is 17.4. The van der Waals surface area contributed by atoms with Crippen molar-refractivity contribution < 1.29 is 0 Å². The lowest BCUT2D eigenvalue weighted by Crippen LogP contribution is -2.23.